The molecular formula is C24H28ClF3N2O2. The second-order valence-electron chi connectivity index (χ2n) is 10.5. The fourth-order valence-electron chi connectivity index (χ4n) is 7.01. The monoisotopic (exact) mass is 468 g/mol. The van der Waals surface area contributed by atoms with Crippen LogP contribution in [0.15, 0.2) is 24.3 Å². The number of benzene rings is 1. The van der Waals surface area contributed by atoms with Crippen LogP contribution >= 0.6 is 11.6 Å². The van der Waals surface area contributed by atoms with Crippen LogP contribution in [0.5, 0.6) is 0 Å². The highest BCUT2D eigenvalue weighted by Gasteiger charge is 2.60. The van der Waals surface area contributed by atoms with E-state index in [1.807, 2.05) is 0 Å². The lowest BCUT2D eigenvalue weighted by molar-refractivity contribution is -0.146. The van der Waals surface area contributed by atoms with Crippen LogP contribution in [0.1, 0.15) is 68.5 Å². The molecule has 1 aliphatic heterocycles. The Morgan fingerprint density at radius 1 is 1.22 bits per heavy atom. The highest BCUT2D eigenvalue weighted by Crippen LogP contribution is 2.64. The SMILES string of the molecule is O=C1CCCN1CC(NC(=O)C12CC3CC(CC(Cl)(C3)C1)C2)c1cccc(C(F)(F)F)c1. The Hall–Kier alpha value is -1.76. The summed E-state index contributed by atoms with van der Waals surface area (Å²) in [7, 11) is 0. The van der Waals surface area contributed by atoms with Crippen molar-refractivity contribution >= 4 is 23.4 Å². The molecule has 4 bridgehead atoms. The summed E-state index contributed by atoms with van der Waals surface area (Å²) in [6.07, 6.45) is 1.90. The van der Waals surface area contributed by atoms with Crippen molar-refractivity contribution < 1.29 is 22.8 Å². The molecule has 1 aromatic rings. The van der Waals surface area contributed by atoms with Crippen molar-refractivity contribution in [1.82, 2.24) is 10.2 Å². The van der Waals surface area contributed by atoms with Gasteiger partial charge in [-0.2, -0.15) is 13.2 Å². The maximum absolute atomic E-state index is 13.7. The number of nitrogens with zero attached hydrogens (tertiary/aromatic N) is 1. The summed E-state index contributed by atoms with van der Waals surface area (Å²) in [6, 6.07) is 4.39. The molecule has 1 N–H and O–H groups in total. The van der Waals surface area contributed by atoms with Crippen molar-refractivity contribution in [2.24, 2.45) is 17.3 Å². The first-order chi connectivity index (χ1) is 15.1. The number of carbonyl (C=O) groups excluding carboxylic acids is 2. The van der Waals surface area contributed by atoms with Gasteiger partial charge in [-0.25, -0.2) is 0 Å². The van der Waals surface area contributed by atoms with E-state index < -0.39 is 23.2 Å². The molecule has 1 saturated heterocycles. The number of hydrogen-bond donors (Lipinski definition) is 1. The van der Waals surface area contributed by atoms with Gasteiger partial charge in [0.1, 0.15) is 0 Å². The largest absolute Gasteiger partial charge is 0.416 e. The van der Waals surface area contributed by atoms with E-state index in [4.69, 9.17) is 11.6 Å². The lowest BCUT2D eigenvalue weighted by Crippen LogP contribution is -2.59. The van der Waals surface area contributed by atoms with Crippen molar-refractivity contribution in [3.8, 4) is 0 Å². The molecule has 0 spiro atoms. The summed E-state index contributed by atoms with van der Waals surface area (Å²) in [5.41, 5.74) is -0.935. The van der Waals surface area contributed by atoms with E-state index in [-0.39, 0.29) is 23.2 Å². The Labute approximate surface area is 190 Å². The molecule has 4 saturated carbocycles. The smallest absolute Gasteiger partial charge is 0.347 e. The average Bonchev–Trinajstić information content (AvgIpc) is 3.09. The summed E-state index contributed by atoms with van der Waals surface area (Å²) in [4.78, 5) is 27.2. The normalized spacial score (nSPS) is 34.8. The van der Waals surface area contributed by atoms with Gasteiger partial charge in [0, 0.05) is 24.4 Å². The second kappa shape index (κ2) is 7.64. The molecule has 3 unspecified atom stereocenters. The van der Waals surface area contributed by atoms with Gasteiger partial charge in [-0.05, 0) is 74.5 Å². The first-order valence-corrected chi connectivity index (χ1v) is 11.9. The van der Waals surface area contributed by atoms with Crippen LogP contribution in [0.25, 0.3) is 0 Å². The summed E-state index contributed by atoms with van der Waals surface area (Å²) < 4.78 is 40.0. The fourth-order valence-corrected chi connectivity index (χ4v) is 7.70. The Balaban J connectivity index is 1.42. The molecule has 4 nitrogen and oxygen atoms in total. The summed E-state index contributed by atoms with van der Waals surface area (Å²) >= 11 is 6.89. The lowest BCUT2D eigenvalue weighted by Gasteiger charge is -2.59. The van der Waals surface area contributed by atoms with Crippen LogP contribution in [0.4, 0.5) is 13.2 Å². The molecule has 2 amide bonds. The van der Waals surface area contributed by atoms with Gasteiger partial charge in [-0.3, -0.25) is 9.59 Å². The number of nitrogens with one attached hydrogen (secondary N) is 1. The lowest BCUT2D eigenvalue weighted by atomic mass is 9.49. The van der Waals surface area contributed by atoms with Crippen molar-refractivity contribution in [2.75, 3.05) is 13.1 Å². The number of hydrogen-bond acceptors (Lipinski definition) is 2. The Morgan fingerprint density at radius 2 is 1.94 bits per heavy atom. The zero-order chi connectivity index (χ0) is 22.7. The number of rotatable bonds is 5. The van der Waals surface area contributed by atoms with Gasteiger partial charge in [0.25, 0.3) is 0 Å². The highest BCUT2D eigenvalue weighted by atomic mass is 35.5. The Morgan fingerprint density at radius 3 is 2.53 bits per heavy atom. The van der Waals surface area contributed by atoms with Gasteiger partial charge in [0.2, 0.25) is 11.8 Å². The van der Waals surface area contributed by atoms with Crippen molar-refractivity contribution in [3.63, 3.8) is 0 Å². The van der Waals surface area contributed by atoms with E-state index in [0.717, 1.165) is 50.7 Å². The molecule has 5 fully saturated rings. The summed E-state index contributed by atoms with van der Waals surface area (Å²) in [5.74, 6) is 0.731. The first-order valence-electron chi connectivity index (χ1n) is 11.5. The maximum Gasteiger partial charge on any atom is 0.416 e. The van der Waals surface area contributed by atoms with Gasteiger partial charge in [0.15, 0.2) is 0 Å². The standard InChI is InChI=1S/C24H28ClF3N2O2/c25-23-11-15-7-16(12-23)10-22(9-15,14-23)21(32)29-19(13-30-6-2-5-20(30)31)17-3-1-4-18(8-17)24(26,27)28/h1,3-4,8,15-16,19H,2,5-7,9-14H2,(H,29,32). The van der Waals surface area contributed by atoms with Gasteiger partial charge in [-0.15, -0.1) is 11.6 Å². The summed E-state index contributed by atoms with van der Waals surface area (Å²) in [6.45, 7) is 0.741. The maximum atomic E-state index is 13.7. The molecule has 8 heteroatoms. The highest BCUT2D eigenvalue weighted by molar-refractivity contribution is 6.24. The minimum absolute atomic E-state index is 0.0225. The van der Waals surface area contributed by atoms with Crippen LogP contribution in [0.2, 0.25) is 0 Å². The van der Waals surface area contributed by atoms with Crippen LogP contribution in [-0.2, 0) is 15.8 Å². The number of amides is 2. The molecule has 3 atom stereocenters. The zero-order valence-electron chi connectivity index (χ0n) is 17.9. The predicted octanol–water partition coefficient (Wildman–Crippen LogP) is 5.06. The second-order valence-corrected chi connectivity index (χ2v) is 11.3. The topological polar surface area (TPSA) is 49.4 Å². The molecule has 1 heterocycles. The molecule has 1 aromatic carbocycles. The van der Waals surface area contributed by atoms with E-state index in [1.54, 1.807) is 11.0 Å². The minimum Gasteiger partial charge on any atom is -0.347 e. The van der Waals surface area contributed by atoms with Crippen molar-refractivity contribution in [3.05, 3.63) is 35.4 Å². The minimum atomic E-state index is -4.47. The van der Waals surface area contributed by atoms with Crippen LogP contribution in [0, 0.1) is 17.3 Å². The first kappa shape index (κ1) is 22.1. The van der Waals surface area contributed by atoms with Gasteiger partial charge in [0.05, 0.1) is 17.0 Å². The van der Waals surface area contributed by atoms with Crippen LogP contribution in [-0.4, -0.2) is 34.7 Å². The van der Waals surface area contributed by atoms with Crippen LogP contribution in [0.3, 0.4) is 0 Å². The van der Waals surface area contributed by atoms with E-state index in [1.165, 1.54) is 6.07 Å². The Kier molecular flexibility index (Phi) is 5.27. The van der Waals surface area contributed by atoms with Crippen molar-refractivity contribution in [2.45, 2.75) is 68.5 Å². The predicted molar refractivity (Wildman–Crippen MR) is 114 cm³/mol. The third kappa shape index (κ3) is 4.02. The van der Waals surface area contributed by atoms with Gasteiger partial charge < -0.3 is 10.2 Å². The molecule has 174 valence electrons. The van der Waals surface area contributed by atoms with Crippen LogP contribution < -0.4 is 5.32 Å². The Bertz CT molecular complexity index is 920. The third-order valence-corrected chi connectivity index (χ3v) is 8.41. The third-order valence-electron chi connectivity index (χ3n) is 7.97. The van der Waals surface area contributed by atoms with E-state index in [9.17, 15) is 22.8 Å². The number of halogens is 4. The molecule has 0 radical (unpaired) electrons. The van der Waals surface area contributed by atoms with Crippen molar-refractivity contribution in [1.29, 1.82) is 0 Å². The van der Waals surface area contributed by atoms with Gasteiger partial charge >= 0.3 is 6.18 Å². The quantitative estimate of drug-likeness (QED) is 0.614. The summed E-state index contributed by atoms with van der Waals surface area (Å²) in [5, 5.41) is 3.07. The number of alkyl halides is 4. The fraction of sp³-hybridized carbons (Fsp3) is 0.667. The molecule has 5 aliphatic rings. The zero-order valence-corrected chi connectivity index (χ0v) is 18.6. The number of likely N-dealkylation sites (tertiary alicyclic amines) is 1. The molecule has 4 aliphatic carbocycles. The van der Waals surface area contributed by atoms with E-state index in [0.29, 0.717) is 36.8 Å². The average molecular weight is 469 g/mol. The molecule has 0 aromatic heterocycles. The molecule has 32 heavy (non-hydrogen) atoms. The van der Waals surface area contributed by atoms with E-state index in [2.05, 4.69) is 5.32 Å². The molecule has 6 rings (SSSR count). The number of carbonyl (C=O) groups is 2. The van der Waals surface area contributed by atoms with Gasteiger partial charge in [-0.1, -0.05) is 12.1 Å². The molecular weight excluding hydrogens is 441 g/mol. The van der Waals surface area contributed by atoms with E-state index >= 15 is 0 Å².